The Morgan fingerprint density at radius 3 is 2.10 bits per heavy atom. The number of fused-ring (bicyclic) bond motifs is 7. The van der Waals surface area contributed by atoms with E-state index in [4.69, 9.17) is 4.74 Å². The largest absolute Gasteiger partial charge is 0.456 e. The van der Waals surface area contributed by atoms with Crippen molar-refractivity contribution in [2.75, 3.05) is 0 Å². The van der Waals surface area contributed by atoms with Crippen LogP contribution in [0.2, 0.25) is 0 Å². The topological polar surface area (TPSA) is 9.23 Å². The summed E-state index contributed by atoms with van der Waals surface area (Å²) in [6.45, 7) is 2.39. The number of ether oxygens (including phenoxy) is 1. The van der Waals surface area contributed by atoms with E-state index in [-0.39, 0.29) is 5.41 Å². The standard InChI is InChI=1S/C40H26O/c1-40(29-12-3-2-4-13-29)34-22-19-25-9-5-6-14-30(25)39(34)33-21-18-27(23-35(33)40)28-17-20-31-32-15-7-10-26-11-8-16-36(38(26)32)41-37(31)24-28/h2-24H,1H3. The van der Waals surface area contributed by atoms with E-state index >= 15 is 0 Å². The van der Waals surface area contributed by atoms with E-state index in [1.807, 2.05) is 0 Å². The number of hydrogen-bond donors (Lipinski definition) is 0. The Kier molecular flexibility index (Phi) is 4.52. The zero-order chi connectivity index (χ0) is 27.1. The smallest absolute Gasteiger partial charge is 0.135 e. The van der Waals surface area contributed by atoms with Crippen molar-refractivity contribution in [2.24, 2.45) is 0 Å². The summed E-state index contributed by atoms with van der Waals surface area (Å²) in [5.74, 6) is 1.84. The molecule has 9 rings (SSSR count). The van der Waals surface area contributed by atoms with Crippen molar-refractivity contribution in [3.05, 3.63) is 156 Å². The van der Waals surface area contributed by atoms with Gasteiger partial charge in [-0.2, -0.15) is 0 Å². The van der Waals surface area contributed by atoms with Gasteiger partial charge in [-0.1, -0.05) is 115 Å². The first-order valence-corrected chi connectivity index (χ1v) is 14.3. The molecule has 1 aliphatic carbocycles. The van der Waals surface area contributed by atoms with Gasteiger partial charge in [0.1, 0.15) is 11.5 Å². The van der Waals surface area contributed by atoms with E-state index in [0.29, 0.717) is 0 Å². The van der Waals surface area contributed by atoms with Gasteiger partial charge in [0, 0.05) is 16.4 Å². The third-order valence-corrected chi connectivity index (χ3v) is 9.34. The summed E-state index contributed by atoms with van der Waals surface area (Å²) < 4.78 is 6.51. The highest BCUT2D eigenvalue weighted by atomic mass is 16.5. The molecule has 0 saturated heterocycles. The van der Waals surface area contributed by atoms with E-state index in [9.17, 15) is 0 Å². The first-order valence-electron chi connectivity index (χ1n) is 14.3. The van der Waals surface area contributed by atoms with Gasteiger partial charge >= 0.3 is 0 Å². The van der Waals surface area contributed by atoms with Gasteiger partial charge in [0.2, 0.25) is 0 Å². The van der Waals surface area contributed by atoms with Crippen LogP contribution < -0.4 is 4.74 Å². The van der Waals surface area contributed by atoms with Gasteiger partial charge in [0.15, 0.2) is 0 Å². The van der Waals surface area contributed by atoms with Gasteiger partial charge < -0.3 is 4.74 Å². The van der Waals surface area contributed by atoms with E-state index in [2.05, 4.69) is 146 Å². The molecule has 7 aromatic carbocycles. The molecule has 1 heteroatoms. The molecule has 0 N–H and O–H groups in total. The predicted molar refractivity (Wildman–Crippen MR) is 170 cm³/mol. The molecule has 0 radical (unpaired) electrons. The third-order valence-electron chi connectivity index (χ3n) is 9.34. The van der Waals surface area contributed by atoms with Crippen LogP contribution in [-0.4, -0.2) is 0 Å². The molecular formula is C40H26O. The van der Waals surface area contributed by atoms with Gasteiger partial charge in [-0.3, -0.25) is 0 Å². The molecule has 41 heavy (non-hydrogen) atoms. The average molecular weight is 523 g/mol. The minimum atomic E-state index is -0.259. The molecule has 0 bridgehead atoms. The highest BCUT2D eigenvalue weighted by Crippen LogP contribution is 2.55. The molecule has 192 valence electrons. The molecule has 1 heterocycles. The van der Waals surface area contributed by atoms with Gasteiger partial charge in [-0.25, -0.2) is 0 Å². The van der Waals surface area contributed by atoms with Crippen molar-refractivity contribution in [2.45, 2.75) is 12.3 Å². The Morgan fingerprint density at radius 1 is 0.488 bits per heavy atom. The Hall–Kier alpha value is -5.14. The normalized spacial score (nSPS) is 16.2. The van der Waals surface area contributed by atoms with Crippen molar-refractivity contribution >= 4 is 21.5 Å². The van der Waals surface area contributed by atoms with E-state index < -0.39 is 0 Å². The molecular weight excluding hydrogens is 496 g/mol. The molecule has 0 saturated carbocycles. The van der Waals surface area contributed by atoms with E-state index in [0.717, 1.165) is 22.6 Å². The molecule has 7 aromatic rings. The maximum atomic E-state index is 6.51. The van der Waals surface area contributed by atoms with Gasteiger partial charge in [0.25, 0.3) is 0 Å². The summed E-state index contributed by atoms with van der Waals surface area (Å²) in [4.78, 5) is 0. The SMILES string of the molecule is CC1(c2ccccc2)c2cc(-c3ccc4c(c3)Oc3cccc5cccc-4c35)ccc2-c2c1ccc1ccccc21. The predicted octanol–water partition coefficient (Wildman–Crippen LogP) is 10.8. The summed E-state index contributed by atoms with van der Waals surface area (Å²) >= 11 is 0. The molecule has 1 aliphatic heterocycles. The van der Waals surface area contributed by atoms with E-state index in [1.54, 1.807) is 0 Å². The Morgan fingerprint density at radius 2 is 1.22 bits per heavy atom. The van der Waals surface area contributed by atoms with Gasteiger partial charge in [-0.15, -0.1) is 0 Å². The molecule has 0 aromatic heterocycles. The first-order chi connectivity index (χ1) is 20.2. The third kappa shape index (κ3) is 3.06. The second-order valence-electron chi connectivity index (χ2n) is 11.4. The lowest BCUT2D eigenvalue weighted by atomic mass is 9.73. The Bertz CT molecular complexity index is 2180. The van der Waals surface area contributed by atoms with Crippen LogP contribution in [0.3, 0.4) is 0 Å². The molecule has 1 unspecified atom stereocenters. The fourth-order valence-corrected chi connectivity index (χ4v) is 7.30. The summed E-state index contributed by atoms with van der Waals surface area (Å²) in [5, 5.41) is 4.99. The minimum absolute atomic E-state index is 0.259. The molecule has 1 nitrogen and oxygen atoms in total. The molecule has 0 spiro atoms. The lowest BCUT2D eigenvalue weighted by Crippen LogP contribution is -2.22. The second-order valence-corrected chi connectivity index (χ2v) is 11.4. The lowest BCUT2D eigenvalue weighted by Gasteiger charge is -2.29. The fourth-order valence-electron chi connectivity index (χ4n) is 7.30. The van der Waals surface area contributed by atoms with Crippen LogP contribution in [0.15, 0.2) is 140 Å². The van der Waals surface area contributed by atoms with Crippen LogP contribution in [0.1, 0.15) is 23.6 Å². The van der Waals surface area contributed by atoms with Crippen LogP contribution in [0.4, 0.5) is 0 Å². The van der Waals surface area contributed by atoms with Crippen LogP contribution in [0, 0.1) is 0 Å². The summed E-state index contributed by atoms with van der Waals surface area (Å²) in [6.07, 6.45) is 0. The van der Waals surface area contributed by atoms with Crippen LogP contribution in [-0.2, 0) is 5.41 Å². The minimum Gasteiger partial charge on any atom is -0.456 e. The summed E-state index contributed by atoms with van der Waals surface area (Å²) in [6, 6.07) is 50.8. The van der Waals surface area contributed by atoms with E-state index in [1.165, 1.54) is 60.5 Å². The van der Waals surface area contributed by atoms with Crippen molar-refractivity contribution in [3.63, 3.8) is 0 Å². The van der Waals surface area contributed by atoms with Crippen molar-refractivity contribution in [1.29, 1.82) is 0 Å². The number of benzene rings is 7. The van der Waals surface area contributed by atoms with Gasteiger partial charge in [-0.05, 0) is 91.9 Å². The molecule has 2 aliphatic rings. The zero-order valence-electron chi connectivity index (χ0n) is 22.7. The van der Waals surface area contributed by atoms with Crippen molar-refractivity contribution < 1.29 is 4.74 Å². The quantitative estimate of drug-likeness (QED) is 0.219. The van der Waals surface area contributed by atoms with Gasteiger partial charge in [0.05, 0.1) is 0 Å². The highest BCUT2D eigenvalue weighted by molar-refractivity contribution is 6.05. The molecule has 0 amide bonds. The Balaban J connectivity index is 1.25. The van der Waals surface area contributed by atoms with Crippen molar-refractivity contribution in [1.82, 2.24) is 0 Å². The Labute approximate surface area is 239 Å². The monoisotopic (exact) mass is 522 g/mol. The maximum absolute atomic E-state index is 6.51. The average Bonchev–Trinajstić information content (AvgIpc) is 3.30. The zero-order valence-corrected chi connectivity index (χ0v) is 22.7. The first kappa shape index (κ1) is 22.7. The number of rotatable bonds is 2. The number of hydrogen-bond acceptors (Lipinski definition) is 1. The summed E-state index contributed by atoms with van der Waals surface area (Å²) in [5.41, 5.74) is 11.2. The van der Waals surface area contributed by atoms with Crippen LogP contribution >= 0.6 is 0 Å². The highest BCUT2D eigenvalue weighted by Gasteiger charge is 2.41. The van der Waals surface area contributed by atoms with Crippen LogP contribution in [0.5, 0.6) is 11.5 Å². The second kappa shape index (κ2) is 8.19. The fraction of sp³-hybridized carbons (Fsp3) is 0.0500. The van der Waals surface area contributed by atoms with Crippen molar-refractivity contribution in [3.8, 4) is 44.9 Å². The van der Waals surface area contributed by atoms with Crippen LogP contribution in [0.25, 0.3) is 54.9 Å². The lowest BCUT2D eigenvalue weighted by molar-refractivity contribution is 0.487. The molecule has 1 atom stereocenters. The summed E-state index contributed by atoms with van der Waals surface area (Å²) in [7, 11) is 0. The molecule has 0 fully saturated rings. The maximum Gasteiger partial charge on any atom is 0.135 e.